The van der Waals surface area contributed by atoms with E-state index >= 15 is 0 Å². The number of carbonyl (C=O) groups is 1. The fraction of sp³-hybridized carbons (Fsp3) is 0.929. The molecular formula is C14H27N3O. The SMILES string of the molecule is CCC1CN(CCC(=O)NC2CC2)CCC1CN. The molecular weight excluding hydrogens is 226 g/mol. The van der Waals surface area contributed by atoms with Gasteiger partial charge in [0, 0.05) is 25.6 Å². The van der Waals surface area contributed by atoms with Gasteiger partial charge in [0.25, 0.3) is 0 Å². The van der Waals surface area contributed by atoms with Gasteiger partial charge in [-0.2, -0.15) is 0 Å². The van der Waals surface area contributed by atoms with Gasteiger partial charge in [-0.1, -0.05) is 13.3 Å². The maximum absolute atomic E-state index is 11.6. The van der Waals surface area contributed by atoms with E-state index in [9.17, 15) is 4.79 Å². The monoisotopic (exact) mass is 253 g/mol. The van der Waals surface area contributed by atoms with Crippen molar-refractivity contribution in [2.24, 2.45) is 17.6 Å². The number of hydrogen-bond acceptors (Lipinski definition) is 3. The minimum Gasteiger partial charge on any atom is -0.353 e. The summed E-state index contributed by atoms with van der Waals surface area (Å²) in [5.41, 5.74) is 5.82. The molecule has 0 spiro atoms. The van der Waals surface area contributed by atoms with Crippen LogP contribution in [0.25, 0.3) is 0 Å². The molecule has 4 nitrogen and oxygen atoms in total. The van der Waals surface area contributed by atoms with E-state index in [4.69, 9.17) is 5.73 Å². The lowest BCUT2D eigenvalue weighted by Crippen LogP contribution is -2.44. The van der Waals surface area contributed by atoms with Gasteiger partial charge in [0.15, 0.2) is 0 Å². The van der Waals surface area contributed by atoms with Crippen LogP contribution < -0.4 is 11.1 Å². The van der Waals surface area contributed by atoms with Gasteiger partial charge < -0.3 is 16.0 Å². The smallest absolute Gasteiger partial charge is 0.221 e. The predicted octanol–water partition coefficient (Wildman–Crippen LogP) is 0.962. The third-order valence-electron chi connectivity index (χ3n) is 4.40. The molecule has 1 aliphatic heterocycles. The molecule has 2 atom stereocenters. The van der Waals surface area contributed by atoms with E-state index < -0.39 is 0 Å². The van der Waals surface area contributed by atoms with Gasteiger partial charge in [-0.05, 0) is 44.2 Å². The highest BCUT2D eigenvalue weighted by Crippen LogP contribution is 2.25. The molecule has 2 unspecified atom stereocenters. The minimum atomic E-state index is 0.228. The second-order valence-electron chi connectivity index (χ2n) is 5.85. The predicted molar refractivity (Wildman–Crippen MR) is 73.2 cm³/mol. The van der Waals surface area contributed by atoms with Crippen molar-refractivity contribution in [1.29, 1.82) is 0 Å². The molecule has 18 heavy (non-hydrogen) atoms. The van der Waals surface area contributed by atoms with Crippen molar-refractivity contribution in [3.63, 3.8) is 0 Å². The van der Waals surface area contributed by atoms with Crippen LogP contribution in [0, 0.1) is 11.8 Å². The summed E-state index contributed by atoms with van der Waals surface area (Å²) in [5, 5.41) is 3.05. The lowest BCUT2D eigenvalue weighted by Gasteiger charge is -2.37. The molecule has 104 valence electrons. The largest absolute Gasteiger partial charge is 0.353 e. The molecule has 0 aromatic carbocycles. The number of carbonyl (C=O) groups excluding carboxylic acids is 1. The summed E-state index contributed by atoms with van der Waals surface area (Å²) < 4.78 is 0. The van der Waals surface area contributed by atoms with E-state index in [1.807, 2.05) is 0 Å². The van der Waals surface area contributed by atoms with Crippen LogP contribution in [0.2, 0.25) is 0 Å². The van der Waals surface area contributed by atoms with Crippen molar-refractivity contribution in [3.05, 3.63) is 0 Å². The molecule has 1 saturated heterocycles. The minimum absolute atomic E-state index is 0.228. The molecule has 2 rings (SSSR count). The van der Waals surface area contributed by atoms with Crippen molar-refractivity contribution < 1.29 is 4.79 Å². The molecule has 2 aliphatic rings. The normalized spacial score (nSPS) is 29.2. The number of nitrogens with zero attached hydrogens (tertiary/aromatic N) is 1. The van der Waals surface area contributed by atoms with Gasteiger partial charge in [-0.3, -0.25) is 4.79 Å². The number of nitrogens with one attached hydrogen (secondary N) is 1. The molecule has 0 aromatic heterocycles. The van der Waals surface area contributed by atoms with Crippen molar-refractivity contribution in [2.75, 3.05) is 26.2 Å². The fourth-order valence-corrected chi connectivity index (χ4v) is 2.92. The summed E-state index contributed by atoms with van der Waals surface area (Å²) >= 11 is 0. The van der Waals surface area contributed by atoms with Crippen LogP contribution in [0.5, 0.6) is 0 Å². The van der Waals surface area contributed by atoms with Gasteiger partial charge >= 0.3 is 0 Å². The Kier molecular flexibility index (Phi) is 5.01. The molecule has 0 bridgehead atoms. The summed E-state index contributed by atoms with van der Waals surface area (Å²) in [5.74, 6) is 1.63. The number of piperidine rings is 1. The molecule has 0 aromatic rings. The van der Waals surface area contributed by atoms with Crippen LogP contribution >= 0.6 is 0 Å². The first kappa shape index (κ1) is 13.8. The Morgan fingerprint density at radius 2 is 2.11 bits per heavy atom. The van der Waals surface area contributed by atoms with Crippen molar-refractivity contribution in [3.8, 4) is 0 Å². The van der Waals surface area contributed by atoms with Gasteiger partial charge in [0.05, 0.1) is 0 Å². The second-order valence-corrected chi connectivity index (χ2v) is 5.85. The summed E-state index contributed by atoms with van der Waals surface area (Å²) in [6.07, 6.45) is 5.39. The third-order valence-corrected chi connectivity index (χ3v) is 4.40. The van der Waals surface area contributed by atoms with Crippen LogP contribution in [0.15, 0.2) is 0 Å². The van der Waals surface area contributed by atoms with Crippen LogP contribution in [0.3, 0.4) is 0 Å². The zero-order valence-electron chi connectivity index (χ0n) is 11.5. The van der Waals surface area contributed by atoms with E-state index in [1.54, 1.807) is 0 Å². The second kappa shape index (κ2) is 6.53. The highest BCUT2D eigenvalue weighted by molar-refractivity contribution is 5.76. The summed E-state index contributed by atoms with van der Waals surface area (Å²) in [6, 6.07) is 0.490. The standard InChI is InChI=1S/C14H27N3O/c1-2-11-10-17(7-5-12(11)9-15)8-6-14(18)16-13-3-4-13/h11-13H,2-10,15H2,1H3,(H,16,18). The van der Waals surface area contributed by atoms with Crippen LogP contribution in [-0.2, 0) is 4.79 Å². The highest BCUT2D eigenvalue weighted by atomic mass is 16.1. The van der Waals surface area contributed by atoms with Gasteiger partial charge in [-0.15, -0.1) is 0 Å². The van der Waals surface area contributed by atoms with Crippen molar-refractivity contribution in [2.45, 2.75) is 45.1 Å². The zero-order valence-corrected chi connectivity index (χ0v) is 11.5. The number of rotatable bonds is 6. The van der Waals surface area contributed by atoms with Crippen LogP contribution in [-0.4, -0.2) is 43.0 Å². The first-order valence-electron chi connectivity index (χ1n) is 7.44. The quantitative estimate of drug-likeness (QED) is 0.741. The molecule has 1 heterocycles. The maximum atomic E-state index is 11.6. The maximum Gasteiger partial charge on any atom is 0.221 e. The van der Waals surface area contributed by atoms with E-state index in [0.717, 1.165) is 32.1 Å². The van der Waals surface area contributed by atoms with E-state index in [0.29, 0.717) is 18.4 Å². The summed E-state index contributed by atoms with van der Waals surface area (Å²) in [6.45, 7) is 6.20. The first-order valence-corrected chi connectivity index (χ1v) is 7.44. The van der Waals surface area contributed by atoms with Crippen LogP contribution in [0.1, 0.15) is 39.0 Å². The Morgan fingerprint density at radius 1 is 1.33 bits per heavy atom. The van der Waals surface area contributed by atoms with E-state index in [-0.39, 0.29) is 5.91 Å². The number of hydrogen-bond donors (Lipinski definition) is 2. The third kappa shape index (κ3) is 3.95. The summed E-state index contributed by atoms with van der Waals surface area (Å²) in [4.78, 5) is 14.1. The molecule has 1 aliphatic carbocycles. The van der Waals surface area contributed by atoms with Crippen LogP contribution in [0.4, 0.5) is 0 Å². The highest BCUT2D eigenvalue weighted by Gasteiger charge is 2.27. The van der Waals surface area contributed by atoms with Crippen molar-refractivity contribution >= 4 is 5.91 Å². The summed E-state index contributed by atoms with van der Waals surface area (Å²) in [7, 11) is 0. The van der Waals surface area contributed by atoms with E-state index in [2.05, 4.69) is 17.1 Å². The number of likely N-dealkylation sites (tertiary alicyclic amines) is 1. The number of nitrogens with two attached hydrogens (primary N) is 1. The molecule has 4 heteroatoms. The van der Waals surface area contributed by atoms with E-state index in [1.165, 1.54) is 25.7 Å². The lowest BCUT2D eigenvalue weighted by molar-refractivity contribution is -0.121. The van der Waals surface area contributed by atoms with Crippen molar-refractivity contribution in [1.82, 2.24) is 10.2 Å². The Morgan fingerprint density at radius 3 is 2.72 bits per heavy atom. The Labute approximate surface area is 110 Å². The van der Waals surface area contributed by atoms with Gasteiger partial charge in [0.2, 0.25) is 5.91 Å². The Balaban J connectivity index is 1.68. The average Bonchev–Trinajstić information content (AvgIpc) is 3.19. The molecule has 1 saturated carbocycles. The Hall–Kier alpha value is -0.610. The fourth-order valence-electron chi connectivity index (χ4n) is 2.92. The zero-order chi connectivity index (χ0) is 13.0. The molecule has 1 amide bonds. The molecule has 0 radical (unpaired) electrons. The lowest BCUT2D eigenvalue weighted by atomic mass is 9.84. The number of amides is 1. The topological polar surface area (TPSA) is 58.4 Å². The Bertz CT molecular complexity index is 278. The average molecular weight is 253 g/mol. The molecule has 3 N–H and O–H groups in total. The molecule has 2 fully saturated rings. The first-order chi connectivity index (χ1) is 8.72. The van der Waals surface area contributed by atoms with Gasteiger partial charge in [-0.25, -0.2) is 0 Å². The van der Waals surface area contributed by atoms with Gasteiger partial charge in [0.1, 0.15) is 0 Å².